The molecular weight excluding hydrogens is 385 g/mol. The fourth-order valence-corrected chi connectivity index (χ4v) is 3.94. The molecule has 0 bridgehead atoms. The average molecular weight is 394 g/mol. The Morgan fingerprint density at radius 3 is 2.80 bits per heavy atom. The Morgan fingerprint density at radius 2 is 2.00 bits per heavy atom. The van der Waals surface area contributed by atoms with E-state index in [9.17, 15) is 9.18 Å². The highest BCUT2D eigenvalue weighted by Crippen LogP contribution is 2.38. The van der Waals surface area contributed by atoms with Gasteiger partial charge in [-0.2, -0.15) is 0 Å². The minimum atomic E-state index is -0.549. The summed E-state index contributed by atoms with van der Waals surface area (Å²) >= 11 is 12.3. The van der Waals surface area contributed by atoms with E-state index in [4.69, 9.17) is 33.3 Å². The van der Waals surface area contributed by atoms with Crippen molar-refractivity contribution in [3.05, 3.63) is 57.7 Å². The van der Waals surface area contributed by atoms with Crippen LogP contribution in [0.15, 0.2) is 41.3 Å². The molecule has 0 saturated carbocycles. The molecule has 25 heavy (non-hydrogen) atoms. The number of thiocarbonyl (C=S) groups is 1. The van der Waals surface area contributed by atoms with Gasteiger partial charge in [0.15, 0.2) is 15.8 Å². The minimum Gasteiger partial charge on any atom is -0.454 e. The standard InChI is InChI=1S/C17H9ClFNO3S2/c18-11-7-10(2-3-12(11)19)20-16(21)15(25-17(20)24)6-9-1-4-13-14(5-9)23-8-22-13/h1-7H,8H2/b15-6-. The first kappa shape index (κ1) is 16.4. The summed E-state index contributed by atoms with van der Waals surface area (Å²) in [5.41, 5.74) is 1.23. The summed E-state index contributed by atoms with van der Waals surface area (Å²) in [7, 11) is 0. The lowest BCUT2D eigenvalue weighted by Gasteiger charge is -2.14. The van der Waals surface area contributed by atoms with Crippen LogP contribution in [0.25, 0.3) is 6.08 Å². The van der Waals surface area contributed by atoms with Gasteiger partial charge in [0.25, 0.3) is 5.91 Å². The van der Waals surface area contributed by atoms with Gasteiger partial charge in [-0.05, 0) is 42.0 Å². The summed E-state index contributed by atoms with van der Waals surface area (Å²) in [4.78, 5) is 14.5. The number of hydrogen-bond acceptors (Lipinski definition) is 5. The molecule has 0 radical (unpaired) electrons. The van der Waals surface area contributed by atoms with Crippen LogP contribution in [0.5, 0.6) is 11.5 Å². The van der Waals surface area contributed by atoms with E-state index >= 15 is 0 Å². The highest BCUT2D eigenvalue weighted by molar-refractivity contribution is 8.27. The van der Waals surface area contributed by atoms with Gasteiger partial charge in [-0.15, -0.1) is 0 Å². The number of anilines is 1. The molecule has 126 valence electrons. The molecule has 1 fully saturated rings. The van der Waals surface area contributed by atoms with Crippen molar-refractivity contribution in [2.24, 2.45) is 0 Å². The lowest BCUT2D eigenvalue weighted by Crippen LogP contribution is -2.27. The quantitative estimate of drug-likeness (QED) is 0.550. The van der Waals surface area contributed by atoms with E-state index in [-0.39, 0.29) is 17.7 Å². The van der Waals surface area contributed by atoms with Crippen molar-refractivity contribution >= 4 is 57.6 Å². The zero-order valence-corrected chi connectivity index (χ0v) is 14.9. The molecule has 1 amide bonds. The van der Waals surface area contributed by atoms with E-state index in [1.165, 1.54) is 34.9 Å². The second kappa shape index (κ2) is 6.33. The molecule has 2 aliphatic heterocycles. The molecule has 0 N–H and O–H groups in total. The molecule has 0 spiro atoms. The van der Waals surface area contributed by atoms with Crippen molar-refractivity contribution < 1.29 is 18.7 Å². The third-order valence-corrected chi connectivity index (χ3v) is 5.24. The van der Waals surface area contributed by atoms with Crippen LogP contribution in [-0.2, 0) is 4.79 Å². The van der Waals surface area contributed by atoms with Gasteiger partial charge in [0.2, 0.25) is 6.79 Å². The normalized spacial score (nSPS) is 17.7. The molecule has 2 aliphatic rings. The third-order valence-electron chi connectivity index (χ3n) is 3.65. The van der Waals surface area contributed by atoms with Crippen LogP contribution >= 0.6 is 35.6 Å². The Hall–Kier alpha value is -2.09. The molecule has 0 aliphatic carbocycles. The van der Waals surface area contributed by atoms with Gasteiger partial charge >= 0.3 is 0 Å². The van der Waals surface area contributed by atoms with E-state index < -0.39 is 5.82 Å². The Kier molecular flexibility index (Phi) is 4.15. The van der Waals surface area contributed by atoms with Crippen molar-refractivity contribution in [2.45, 2.75) is 0 Å². The number of rotatable bonds is 2. The molecule has 4 nitrogen and oxygen atoms in total. The first-order chi connectivity index (χ1) is 12.0. The average Bonchev–Trinajstić information content (AvgIpc) is 3.15. The molecular formula is C17H9ClFNO3S2. The maximum absolute atomic E-state index is 13.3. The number of hydrogen-bond donors (Lipinski definition) is 0. The molecule has 0 unspecified atom stereocenters. The van der Waals surface area contributed by atoms with Gasteiger partial charge in [0, 0.05) is 0 Å². The van der Waals surface area contributed by atoms with Gasteiger partial charge in [-0.1, -0.05) is 41.6 Å². The van der Waals surface area contributed by atoms with Crippen LogP contribution in [0.3, 0.4) is 0 Å². The lowest BCUT2D eigenvalue weighted by molar-refractivity contribution is -0.113. The van der Waals surface area contributed by atoms with Crippen LogP contribution in [0.4, 0.5) is 10.1 Å². The van der Waals surface area contributed by atoms with Crippen LogP contribution < -0.4 is 14.4 Å². The number of ether oxygens (including phenoxy) is 2. The van der Waals surface area contributed by atoms with Crippen LogP contribution in [0, 0.1) is 5.82 Å². The SMILES string of the molecule is O=C1/C(=C/c2ccc3c(c2)OCO3)SC(=S)N1c1ccc(F)c(Cl)c1. The molecule has 2 aromatic carbocycles. The molecule has 4 rings (SSSR count). The minimum absolute atomic E-state index is 0.0636. The zero-order chi connectivity index (χ0) is 17.6. The third kappa shape index (κ3) is 2.99. The summed E-state index contributed by atoms with van der Waals surface area (Å²) in [6, 6.07) is 9.46. The Labute approximate surface area is 157 Å². The van der Waals surface area contributed by atoms with Gasteiger partial charge in [-0.25, -0.2) is 4.39 Å². The van der Waals surface area contributed by atoms with Crippen LogP contribution in [-0.4, -0.2) is 17.0 Å². The number of fused-ring (bicyclic) bond motifs is 1. The van der Waals surface area contributed by atoms with E-state index in [0.29, 0.717) is 26.4 Å². The fraction of sp³-hybridized carbons (Fsp3) is 0.0588. The highest BCUT2D eigenvalue weighted by atomic mass is 35.5. The summed E-state index contributed by atoms with van der Waals surface area (Å²) in [6.07, 6.45) is 1.73. The van der Waals surface area contributed by atoms with E-state index in [0.717, 1.165) is 5.56 Å². The van der Waals surface area contributed by atoms with Crippen molar-refractivity contribution in [1.29, 1.82) is 0 Å². The second-order valence-corrected chi connectivity index (χ2v) is 7.31. The molecule has 8 heteroatoms. The molecule has 2 aromatic rings. The summed E-state index contributed by atoms with van der Waals surface area (Å²) in [5.74, 6) is 0.474. The van der Waals surface area contributed by atoms with Crippen LogP contribution in [0.2, 0.25) is 5.02 Å². The Bertz CT molecular complexity index is 947. The monoisotopic (exact) mass is 393 g/mol. The van der Waals surface area contributed by atoms with Crippen LogP contribution in [0.1, 0.15) is 5.56 Å². The van der Waals surface area contributed by atoms with E-state index in [1.54, 1.807) is 18.2 Å². The molecule has 0 aromatic heterocycles. The summed E-state index contributed by atoms with van der Waals surface area (Å²) in [6.45, 7) is 0.187. The van der Waals surface area contributed by atoms with E-state index in [2.05, 4.69) is 0 Å². The number of benzene rings is 2. The van der Waals surface area contributed by atoms with Gasteiger partial charge < -0.3 is 9.47 Å². The zero-order valence-electron chi connectivity index (χ0n) is 12.5. The Balaban J connectivity index is 1.65. The molecule has 1 saturated heterocycles. The largest absolute Gasteiger partial charge is 0.454 e. The van der Waals surface area contributed by atoms with Crippen molar-refractivity contribution in [1.82, 2.24) is 0 Å². The summed E-state index contributed by atoms with van der Waals surface area (Å²) in [5, 5.41) is -0.0636. The molecule has 0 atom stereocenters. The van der Waals surface area contributed by atoms with Crippen molar-refractivity contribution in [2.75, 3.05) is 11.7 Å². The predicted octanol–water partition coefficient (Wildman–Crippen LogP) is 4.61. The topological polar surface area (TPSA) is 38.8 Å². The van der Waals surface area contributed by atoms with E-state index in [1.807, 2.05) is 6.07 Å². The fourth-order valence-electron chi connectivity index (χ4n) is 2.47. The van der Waals surface area contributed by atoms with Crippen molar-refractivity contribution in [3.8, 4) is 11.5 Å². The molecule has 2 heterocycles. The maximum atomic E-state index is 13.3. The first-order valence-electron chi connectivity index (χ1n) is 7.15. The number of carbonyl (C=O) groups excluding carboxylic acids is 1. The number of amides is 1. The summed E-state index contributed by atoms with van der Waals surface area (Å²) < 4.78 is 24.3. The lowest BCUT2D eigenvalue weighted by atomic mass is 10.2. The highest BCUT2D eigenvalue weighted by Gasteiger charge is 2.33. The van der Waals surface area contributed by atoms with Gasteiger partial charge in [-0.3, -0.25) is 9.69 Å². The maximum Gasteiger partial charge on any atom is 0.270 e. The van der Waals surface area contributed by atoms with Gasteiger partial charge in [0.1, 0.15) is 5.82 Å². The first-order valence-corrected chi connectivity index (χ1v) is 8.76. The van der Waals surface area contributed by atoms with Gasteiger partial charge in [0.05, 0.1) is 15.6 Å². The second-order valence-electron chi connectivity index (χ2n) is 5.23. The number of nitrogens with zero attached hydrogens (tertiary/aromatic N) is 1. The number of halogens is 2. The number of thioether (sulfide) groups is 1. The number of carbonyl (C=O) groups is 1. The van der Waals surface area contributed by atoms with Crippen molar-refractivity contribution in [3.63, 3.8) is 0 Å². The smallest absolute Gasteiger partial charge is 0.270 e. The predicted molar refractivity (Wildman–Crippen MR) is 99.6 cm³/mol. The Morgan fingerprint density at radius 1 is 1.20 bits per heavy atom.